The average molecular weight is 214 g/mol. The molecule has 0 atom stereocenters. The van der Waals surface area contributed by atoms with Gasteiger partial charge in [-0.2, -0.15) is 0 Å². The quantitative estimate of drug-likeness (QED) is 0.688. The van der Waals surface area contributed by atoms with E-state index in [-0.39, 0.29) is 6.61 Å². The van der Waals surface area contributed by atoms with E-state index in [9.17, 15) is 0 Å². The van der Waals surface area contributed by atoms with Crippen LogP contribution in [0.1, 0.15) is 5.69 Å². The van der Waals surface area contributed by atoms with Gasteiger partial charge in [0.05, 0.1) is 18.5 Å². The molecule has 2 heterocycles. The van der Waals surface area contributed by atoms with E-state index >= 15 is 0 Å². The van der Waals surface area contributed by atoms with Gasteiger partial charge < -0.3 is 14.5 Å². The molecule has 0 radical (unpaired) electrons. The summed E-state index contributed by atoms with van der Waals surface area (Å²) in [6.07, 6.45) is 1.60. The van der Waals surface area contributed by atoms with Gasteiger partial charge in [-0.3, -0.25) is 0 Å². The smallest absolute Gasteiger partial charge is 0.173 e. The number of rotatable bonds is 2. The van der Waals surface area contributed by atoms with E-state index < -0.39 is 0 Å². The molecule has 4 nitrogen and oxygen atoms in total. The number of aromatic amines is 1. The van der Waals surface area contributed by atoms with Gasteiger partial charge in [0.2, 0.25) is 0 Å². The molecule has 0 saturated carbocycles. The van der Waals surface area contributed by atoms with Crippen LogP contribution < -0.4 is 0 Å². The molecule has 0 bridgehead atoms. The molecule has 2 aromatic heterocycles. The monoisotopic (exact) mass is 214 g/mol. The first-order valence-electron chi connectivity index (χ1n) is 5.00. The molecule has 4 heteroatoms. The molecule has 0 saturated heterocycles. The van der Waals surface area contributed by atoms with Crippen LogP contribution in [-0.4, -0.2) is 15.1 Å². The van der Waals surface area contributed by atoms with Crippen LogP contribution in [-0.2, 0) is 6.61 Å². The second-order valence-electron chi connectivity index (χ2n) is 3.56. The Kier molecular flexibility index (Phi) is 2.01. The predicted octanol–water partition coefficient (Wildman–Crippen LogP) is 2.32. The largest absolute Gasteiger partial charge is 0.453 e. The number of aromatic nitrogens is 2. The molecule has 0 spiro atoms. The molecule has 16 heavy (non-hydrogen) atoms. The number of H-pyrrole nitrogens is 1. The van der Waals surface area contributed by atoms with Gasteiger partial charge >= 0.3 is 0 Å². The van der Waals surface area contributed by atoms with Crippen LogP contribution >= 0.6 is 0 Å². The molecular formula is C12H10N2O2. The SMILES string of the molecule is OCc1cnc(-c2cc3ccccc3o2)[nH]1. The molecule has 0 unspecified atom stereocenters. The van der Waals surface area contributed by atoms with Crippen molar-refractivity contribution in [3.05, 3.63) is 42.2 Å². The lowest BCUT2D eigenvalue weighted by Crippen LogP contribution is -1.81. The van der Waals surface area contributed by atoms with Gasteiger partial charge in [0, 0.05) is 5.39 Å². The van der Waals surface area contributed by atoms with Crippen molar-refractivity contribution in [1.29, 1.82) is 0 Å². The minimum Gasteiger partial charge on any atom is -0.453 e. The number of aliphatic hydroxyl groups excluding tert-OH is 1. The van der Waals surface area contributed by atoms with Crippen molar-refractivity contribution < 1.29 is 9.52 Å². The summed E-state index contributed by atoms with van der Waals surface area (Å²) in [7, 11) is 0. The zero-order valence-electron chi connectivity index (χ0n) is 8.47. The molecule has 0 aliphatic heterocycles. The Morgan fingerprint density at radius 1 is 1.31 bits per heavy atom. The summed E-state index contributed by atoms with van der Waals surface area (Å²) in [5, 5.41) is 9.98. The number of fused-ring (bicyclic) bond motifs is 1. The molecule has 80 valence electrons. The number of hydrogen-bond acceptors (Lipinski definition) is 3. The number of para-hydroxylation sites is 1. The molecule has 0 fully saturated rings. The second kappa shape index (κ2) is 3.50. The molecular weight excluding hydrogens is 204 g/mol. The van der Waals surface area contributed by atoms with Crippen molar-refractivity contribution in [2.75, 3.05) is 0 Å². The standard InChI is InChI=1S/C12H10N2O2/c15-7-9-6-13-12(14-9)11-5-8-3-1-2-4-10(8)16-11/h1-6,15H,7H2,(H,13,14). The Labute approximate surface area is 91.6 Å². The van der Waals surface area contributed by atoms with E-state index in [1.807, 2.05) is 30.3 Å². The second-order valence-corrected chi connectivity index (χ2v) is 3.56. The lowest BCUT2D eigenvalue weighted by Gasteiger charge is -1.88. The van der Waals surface area contributed by atoms with Gasteiger partial charge in [0.15, 0.2) is 11.6 Å². The Morgan fingerprint density at radius 2 is 2.19 bits per heavy atom. The van der Waals surface area contributed by atoms with Crippen molar-refractivity contribution >= 4 is 11.0 Å². The van der Waals surface area contributed by atoms with Crippen LogP contribution in [0.2, 0.25) is 0 Å². The fourth-order valence-electron chi connectivity index (χ4n) is 1.66. The highest BCUT2D eigenvalue weighted by atomic mass is 16.3. The van der Waals surface area contributed by atoms with Crippen LogP contribution in [0.5, 0.6) is 0 Å². The van der Waals surface area contributed by atoms with Gasteiger partial charge in [0.1, 0.15) is 5.58 Å². The van der Waals surface area contributed by atoms with Crippen LogP contribution in [0.15, 0.2) is 40.9 Å². The van der Waals surface area contributed by atoms with Gasteiger partial charge in [-0.05, 0) is 12.1 Å². The third kappa shape index (κ3) is 1.40. The van der Waals surface area contributed by atoms with E-state index in [0.717, 1.165) is 11.0 Å². The van der Waals surface area contributed by atoms with E-state index in [1.165, 1.54) is 0 Å². The summed E-state index contributed by atoms with van der Waals surface area (Å²) in [5.74, 6) is 1.32. The van der Waals surface area contributed by atoms with Crippen molar-refractivity contribution in [3.8, 4) is 11.6 Å². The number of benzene rings is 1. The normalized spacial score (nSPS) is 11.1. The molecule has 0 amide bonds. The fourth-order valence-corrected chi connectivity index (χ4v) is 1.66. The summed E-state index contributed by atoms with van der Waals surface area (Å²) in [4.78, 5) is 7.13. The Balaban J connectivity index is 2.11. The maximum Gasteiger partial charge on any atom is 0.173 e. The van der Waals surface area contributed by atoms with Gasteiger partial charge in [-0.1, -0.05) is 18.2 Å². The Bertz CT molecular complexity index is 592. The van der Waals surface area contributed by atoms with E-state index in [0.29, 0.717) is 17.3 Å². The zero-order valence-corrected chi connectivity index (χ0v) is 8.47. The third-order valence-electron chi connectivity index (χ3n) is 2.46. The number of imidazole rings is 1. The van der Waals surface area contributed by atoms with Crippen LogP contribution in [0.4, 0.5) is 0 Å². The topological polar surface area (TPSA) is 62.1 Å². The van der Waals surface area contributed by atoms with Crippen LogP contribution in [0, 0.1) is 0 Å². The van der Waals surface area contributed by atoms with Gasteiger partial charge in [-0.15, -0.1) is 0 Å². The zero-order chi connectivity index (χ0) is 11.0. The summed E-state index contributed by atoms with van der Waals surface area (Å²) in [5.41, 5.74) is 1.51. The minimum absolute atomic E-state index is 0.0484. The van der Waals surface area contributed by atoms with Gasteiger partial charge in [-0.25, -0.2) is 4.98 Å². The number of nitrogens with one attached hydrogen (secondary N) is 1. The van der Waals surface area contributed by atoms with E-state index in [1.54, 1.807) is 6.20 Å². The lowest BCUT2D eigenvalue weighted by atomic mass is 10.2. The Morgan fingerprint density at radius 3 is 2.94 bits per heavy atom. The highest BCUT2D eigenvalue weighted by molar-refractivity contribution is 5.81. The highest BCUT2D eigenvalue weighted by Crippen LogP contribution is 2.25. The number of furan rings is 1. The van der Waals surface area contributed by atoms with E-state index in [2.05, 4.69) is 9.97 Å². The number of aliphatic hydroxyl groups is 1. The molecule has 0 aliphatic rings. The van der Waals surface area contributed by atoms with Crippen molar-refractivity contribution in [3.63, 3.8) is 0 Å². The average Bonchev–Trinajstić information content (AvgIpc) is 2.95. The van der Waals surface area contributed by atoms with Crippen LogP contribution in [0.25, 0.3) is 22.6 Å². The molecule has 0 aliphatic carbocycles. The fraction of sp³-hybridized carbons (Fsp3) is 0.0833. The van der Waals surface area contributed by atoms with Crippen LogP contribution in [0.3, 0.4) is 0 Å². The first-order valence-corrected chi connectivity index (χ1v) is 5.00. The van der Waals surface area contributed by atoms with E-state index in [4.69, 9.17) is 9.52 Å². The predicted molar refractivity (Wildman–Crippen MR) is 59.7 cm³/mol. The van der Waals surface area contributed by atoms with Crippen molar-refractivity contribution in [1.82, 2.24) is 9.97 Å². The number of nitrogens with zero attached hydrogens (tertiary/aromatic N) is 1. The summed E-state index contributed by atoms with van der Waals surface area (Å²) < 4.78 is 5.64. The Hall–Kier alpha value is -2.07. The molecule has 1 aromatic carbocycles. The maximum atomic E-state index is 8.94. The third-order valence-corrected chi connectivity index (χ3v) is 2.46. The van der Waals surface area contributed by atoms with Crippen molar-refractivity contribution in [2.45, 2.75) is 6.61 Å². The number of hydrogen-bond donors (Lipinski definition) is 2. The minimum atomic E-state index is -0.0484. The molecule has 3 rings (SSSR count). The lowest BCUT2D eigenvalue weighted by molar-refractivity contribution is 0.277. The summed E-state index contributed by atoms with van der Waals surface area (Å²) in [6.45, 7) is -0.0484. The van der Waals surface area contributed by atoms with Crippen molar-refractivity contribution in [2.24, 2.45) is 0 Å². The first kappa shape index (κ1) is 9.18. The maximum absolute atomic E-state index is 8.94. The summed E-state index contributed by atoms with van der Waals surface area (Å²) >= 11 is 0. The first-order chi connectivity index (χ1) is 7.86. The summed E-state index contributed by atoms with van der Waals surface area (Å²) in [6, 6.07) is 9.71. The molecule has 2 N–H and O–H groups in total. The van der Waals surface area contributed by atoms with Gasteiger partial charge in [0.25, 0.3) is 0 Å². The highest BCUT2D eigenvalue weighted by Gasteiger charge is 2.08. The molecule has 3 aromatic rings.